The summed E-state index contributed by atoms with van der Waals surface area (Å²) >= 11 is 0. The fourth-order valence-electron chi connectivity index (χ4n) is 6.76. The molecule has 0 unspecified atom stereocenters. The van der Waals surface area contributed by atoms with Gasteiger partial charge in [0.2, 0.25) is 0 Å². The smallest absolute Gasteiger partial charge is 0.264 e. The van der Waals surface area contributed by atoms with Gasteiger partial charge in [-0.2, -0.15) is 0 Å². The van der Waals surface area contributed by atoms with E-state index in [0.717, 1.165) is 13.9 Å². The lowest BCUT2D eigenvalue weighted by Crippen LogP contribution is -2.70. The minimum atomic E-state index is -1.93. The van der Waals surface area contributed by atoms with E-state index in [-0.39, 0.29) is 6.42 Å². The van der Waals surface area contributed by atoms with Crippen LogP contribution in [0.1, 0.15) is 24.9 Å². The first-order valence-corrected chi connectivity index (χ1v) is 9.37. The molecule has 0 saturated heterocycles. The van der Waals surface area contributed by atoms with Crippen molar-refractivity contribution in [2.24, 2.45) is 11.8 Å². The third-order valence-electron chi connectivity index (χ3n) is 7.53. The van der Waals surface area contributed by atoms with Gasteiger partial charge in [-0.15, -0.1) is 0 Å². The summed E-state index contributed by atoms with van der Waals surface area (Å²) in [5.74, 6) is -1.28. The number of aromatic nitrogens is 3. The maximum atomic E-state index is 13.2. The Labute approximate surface area is 161 Å². The summed E-state index contributed by atoms with van der Waals surface area (Å²) in [6.45, 7) is 0. The second kappa shape index (κ2) is 4.73. The molecule has 4 bridgehead atoms. The normalized spacial score (nSPS) is 37.7. The highest BCUT2D eigenvalue weighted by atomic mass is 16.7. The van der Waals surface area contributed by atoms with Crippen LogP contribution in [-0.4, -0.2) is 34.9 Å². The van der Waals surface area contributed by atoms with Crippen molar-refractivity contribution >= 4 is 0 Å². The molecule has 3 aliphatic carbocycles. The van der Waals surface area contributed by atoms with Gasteiger partial charge in [-0.25, -0.2) is 23.5 Å². The van der Waals surface area contributed by atoms with Gasteiger partial charge < -0.3 is 0 Å². The number of para-hydroxylation sites is 1. The van der Waals surface area contributed by atoms with Crippen molar-refractivity contribution in [3.63, 3.8) is 0 Å². The molecule has 0 amide bonds. The third-order valence-corrected chi connectivity index (χ3v) is 7.53. The SMILES string of the molecule is O=c1n(-c2ccccc2)c(=O)n2n1[C@H]1C[C@H]2[C@]2([N+](=O)[O-])[C@H]3C=C[C@@H](C3)[C@@]12[N+](=O)[O-]. The van der Waals surface area contributed by atoms with E-state index in [9.17, 15) is 29.8 Å². The molecule has 2 aromatic rings. The van der Waals surface area contributed by atoms with Crippen molar-refractivity contribution in [1.29, 1.82) is 0 Å². The summed E-state index contributed by atoms with van der Waals surface area (Å²) in [6, 6.07) is 6.14. The van der Waals surface area contributed by atoms with Crippen LogP contribution in [0.4, 0.5) is 0 Å². The predicted molar refractivity (Wildman–Crippen MR) is 97.2 cm³/mol. The van der Waals surface area contributed by atoms with E-state index in [1.807, 2.05) is 0 Å². The summed E-state index contributed by atoms with van der Waals surface area (Å²) in [5.41, 5.74) is -4.93. The lowest BCUT2D eigenvalue weighted by molar-refractivity contribution is -0.693. The van der Waals surface area contributed by atoms with Gasteiger partial charge in [0.25, 0.3) is 0 Å². The number of hydrogen-bond donors (Lipinski definition) is 0. The van der Waals surface area contributed by atoms with Crippen LogP contribution in [0.25, 0.3) is 5.69 Å². The van der Waals surface area contributed by atoms with Gasteiger partial charge in [-0.1, -0.05) is 30.4 Å². The van der Waals surface area contributed by atoms with E-state index < -0.39 is 56.2 Å². The molecular weight excluding hydrogens is 382 g/mol. The van der Waals surface area contributed by atoms with Crippen LogP contribution in [-0.2, 0) is 0 Å². The highest BCUT2D eigenvalue weighted by Crippen LogP contribution is 2.71. The van der Waals surface area contributed by atoms with E-state index in [4.69, 9.17) is 0 Å². The molecule has 4 aliphatic rings. The maximum absolute atomic E-state index is 13.2. The second-order valence-corrected chi connectivity index (χ2v) is 8.19. The molecule has 0 radical (unpaired) electrons. The molecule has 11 nitrogen and oxygen atoms in total. The summed E-state index contributed by atoms with van der Waals surface area (Å²) in [6.07, 6.45) is 3.69. The molecule has 29 heavy (non-hydrogen) atoms. The molecule has 2 saturated carbocycles. The average molecular weight is 397 g/mol. The Morgan fingerprint density at radius 1 is 0.828 bits per heavy atom. The molecule has 6 atom stereocenters. The van der Waals surface area contributed by atoms with Crippen molar-refractivity contribution in [2.75, 3.05) is 0 Å². The Morgan fingerprint density at radius 3 is 1.76 bits per heavy atom. The Balaban J connectivity index is 1.71. The first-order valence-electron chi connectivity index (χ1n) is 9.37. The Bertz CT molecular complexity index is 1180. The number of hydrogen-bond acceptors (Lipinski definition) is 6. The fourth-order valence-corrected chi connectivity index (χ4v) is 6.76. The predicted octanol–water partition coefficient (Wildman–Crippen LogP) is 0.537. The van der Waals surface area contributed by atoms with Crippen LogP contribution >= 0.6 is 0 Å². The molecule has 1 aliphatic heterocycles. The van der Waals surface area contributed by atoms with Crippen LogP contribution in [0, 0.1) is 32.1 Å². The molecule has 0 N–H and O–H groups in total. The largest absolute Gasteiger partial charge is 0.352 e. The first kappa shape index (κ1) is 16.5. The fraction of sp³-hybridized carbons (Fsp3) is 0.444. The van der Waals surface area contributed by atoms with Crippen LogP contribution in [0.3, 0.4) is 0 Å². The van der Waals surface area contributed by atoms with E-state index in [2.05, 4.69) is 0 Å². The molecule has 0 spiro atoms. The zero-order valence-corrected chi connectivity index (χ0v) is 15.0. The minimum Gasteiger partial charge on any atom is -0.264 e. The zero-order valence-electron chi connectivity index (χ0n) is 15.0. The highest BCUT2D eigenvalue weighted by Gasteiger charge is 2.94. The lowest BCUT2D eigenvalue weighted by atomic mass is 9.69. The van der Waals surface area contributed by atoms with Crippen molar-refractivity contribution in [3.05, 3.63) is 83.7 Å². The van der Waals surface area contributed by atoms with Crippen LogP contribution in [0.5, 0.6) is 0 Å². The minimum absolute atomic E-state index is 0.0384. The zero-order chi connectivity index (χ0) is 20.3. The highest BCUT2D eigenvalue weighted by molar-refractivity contribution is 5.38. The maximum Gasteiger partial charge on any atom is 0.352 e. The Hall–Kier alpha value is -3.50. The molecule has 1 aromatic heterocycles. The van der Waals surface area contributed by atoms with Gasteiger partial charge in [0.05, 0.1) is 17.5 Å². The summed E-state index contributed by atoms with van der Waals surface area (Å²) in [7, 11) is 0. The monoisotopic (exact) mass is 397 g/mol. The third kappa shape index (κ3) is 1.39. The van der Waals surface area contributed by atoms with Gasteiger partial charge in [0, 0.05) is 16.3 Å². The van der Waals surface area contributed by atoms with Crippen molar-refractivity contribution in [1.82, 2.24) is 13.9 Å². The number of nitro groups is 2. The topological polar surface area (TPSA) is 135 Å². The van der Waals surface area contributed by atoms with Gasteiger partial charge >= 0.3 is 22.5 Å². The van der Waals surface area contributed by atoms with Gasteiger partial charge in [0.15, 0.2) is 0 Å². The van der Waals surface area contributed by atoms with E-state index in [0.29, 0.717) is 12.1 Å². The first-order chi connectivity index (χ1) is 13.9. The average Bonchev–Trinajstić information content (AvgIpc) is 3.46. The van der Waals surface area contributed by atoms with Crippen molar-refractivity contribution in [3.8, 4) is 5.69 Å². The quantitative estimate of drug-likeness (QED) is 0.321. The molecular formula is C18H15N5O6. The summed E-state index contributed by atoms with van der Waals surface area (Å²) < 4.78 is 3.16. The Kier molecular flexibility index (Phi) is 2.68. The standard InChI is InChI=1S/C18H15N5O6/c24-15-19(12-4-2-1-3-5-12)16(25)21-14-9-13(20(15)21)17(22(26)27)10-6-7-11(8-10)18(14,17)23(28)29/h1-7,10-11,13-14H,8-9H2/t10-,11-,13-,14-,17+,18+/m0/s1. The Morgan fingerprint density at radius 2 is 1.31 bits per heavy atom. The van der Waals surface area contributed by atoms with E-state index >= 15 is 0 Å². The van der Waals surface area contributed by atoms with Crippen LogP contribution in [0.2, 0.25) is 0 Å². The van der Waals surface area contributed by atoms with Gasteiger partial charge in [0.1, 0.15) is 12.1 Å². The number of benzene rings is 1. The molecule has 2 fully saturated rings. The van der Waals surface area contributed by atoms with Crippen molar-refractivity contribution in [2.45, 2.75) is 36.0 Å². The number of rotatable bonds is 3. The molecule has 6 rings (SSSR count). The van der Waals surface area contributed by atoms with Crippen LogP contribution < -0.4 is 11.4 Å². The number of nitrogens with zero attached hydrogens (tertiary/aromatic N) is 5. The molecule has 1 aromatic carbocycles. The van der Waals surface area contributed by atoms with Gasteiger partial charge in [-0.05, 0) is 18.6 Å². The number of fused-ring (bicyclic) bond motifs is 12. The van der Waals surface area contributed by atoms with E-state index in [1.165, 1.54) is 0 Å². The van der Waals surface area contributed by atoms with Crippen LogP contribution in [0.15, 0.2) is 52.1 Å². The van der Waals surface area contributed by atoms with E-state index in [1.54, 1.807) is 42.5 Å². The van der Waals surface area contributed by atoms with Crippen molar-refractivity contribution < 1.29 is 9.85 Å². The molecule has 148 valence electrons. The summed E-state index contributed by atoms with van der Waals surface area (Å²) in [5, 5.41) is 24.9. The molecule has 11 heteroatoms. The lowest BCUT2D eigenvalue weighted by Gasteiger charge is -2.40. The van der Waals surface area contributed by atoms with Gasteiger partial charge in [-0.3, -0.25) is 20.2 Å². The summed E-state index contributed by atoms with van der Waals surface area (Å²) in [4.78, 5) is 50.2. The molecule has 2 heterocycles. The second-order valence-electron chi connectivity index (χ2n) is 8.19.